The molecular formula is C14H17BrN2OS2. The molecule has 0 spiro atoms. The SMILES string of the molecule is C[C@H](Cc1ccsc1)NC(=O)N(C)Cc1ccc(Br)s1. The second-order valence-corrected chi connectivity index (χ2v) is 8.08. The molecule has 0 saturated heterocycles. The van der Waals surface area contributed by atoms with Crippen molar-refractivity contribution in [2.45, 2.75) is 25.9 Å². The van der Waals surface area contributed by atoms with Gasteiger partial charge >= 0.3 is 6.03 Å². The predicted octanol–water partition coefficient (Wildman–Crippen LogP) is 4.34. The Morgan fingerprint density at radius 3 is 2.85 bits per heavy atom. The zero-order valence-corrected chi connectivity index (χ0v) is 14.6. The first kappa shape index (κ1) is 15.5. The molecule has 0 aliphatic rings. The van der Waals surface area contributed by atoms with Gasteiger partial charge in [0.1, 0.15) is 0 Å². The van der Waals surface area contributed by atoms with Crippen LogP contribution in [0.1, 0.15) is 17.4 Å². The van der Waals surface area contributed by atoms with Crippen molar-refractivity contribution >= 4 is 44.6 Å². The smallest absolute Gasteiger partial charge is 0.317 e. The van der Waals surface area contributed by atoms with Crippen LogP contribution >= 0.6 is 38.6 Å². The summed E-state index contributed by atoms with van der Waals surface area (Å²) in [6, 6.07) is 6.24. The molecule has 0 bridgehead atoms. The van der Waals surface area contributed by atoms with Crippen molar-refractivity contribution < 1.29 is 4.79 Å². The maximum atomic E-state index is 12.1. The standard InChI is InChI=1S/C14H17BrN2OS2/c1-10(7-11-5-6-19-9-11)16-14(18)17(2)8-12-3-4-13(15)20-12/h3-6,9-10H,7-8H2,1-2H3,(H,16,18)/t10-/m1/s1. The maximum absolute atomic E-state index is 12.1. The Kier molecular flexibility index (Phi) is 5.63. The van der Waals surface area contributed by atoms with Gasteiger partial charge in [-0.15, -0.1) is 11.3 Å². The topological polar surface area (TPSA) is 32.3 Å². The second kappa shape index (κ2) is 7.24. The van der Waals surface area contributed by atoms with Crippen molar-refractivity contribution in [3.63, 3.8) is 0 Å². The molecular weight excluding hydrogens is 356 g/mol. The summed E-state index contributed by atoms with van der Waals surface area (Å²) in [6.45, 7) is 2.67. The van der Waals surface area contributed by atoms with Gasteiger partial charge in [-0.1, -0.05) is 0 Å². The molecule has 2 rings (SSSR count). The summed E-state index contributed by atoms with van der Waals surface area (Å²) < 4.78 is 1.09. The fourth-order valence-electron chi connectivity index (χ4n) is 1.88. The Morgan fingerprint density at radius 2 is 2.25 bits per heavy atom. The highest BCUT2D eigenvalue weighted by Crippen LogP contribution is 2.23. The van der Waals surface area contributed by atoms with Crippen LogP contribution in [-0.4, -0.2) is 24.0 Å². The number of hydrogen-bond donors (Lipinski definition) is 1. The van der Waals surface area contributed by atoms with Crippen molar-refractivity contribution in [3.05, 3.63) is 43.2 Å². The number of thiophene rings is 2. The van der Waals surface area contributed by atoms with Crippen molar-refractivity contribution in [3.8, 4) is 0 Å². The van der Waals surface area contributed by atoms with E-state index in [2.05, 4.69) is 38.1 Å². The van der Waals surface area contributed by atoms with Gasteiger partial charge in [-0.05, 0) is 63.8 Å². The normalized spacial score (nSPS) is 12.2. The van der Waals surface area contributed by atoms with E-state index in [0.29, 0.717) is 6.54 Å². The van der Waals surface area contributed by atoms with Crippen molar-refractivity contribution in [2.75, 3.05) is 7.05 Å². The lowest BCUT2D eigenvalue weighted by Crippen LogP contribution is -2.42. The van der Waals surface area contributed by atoms with Gasteiger partial charge in [0.15, 0.2) is 0 Å². The van der Waals surface area contributed by atoms with Crippen LogP contribution < -0.4 is 5.32 Å². The number of hydrogen-bond acceptors (Lipinski definition) is 3. The lowest BCUT2D eigenvalue weighted by atomic mass is 10.1. The number of urea groups is 1. The molecule has 6 heteroatoms. The molecule has 0 aliphatic heterocycles. The van der Waals surface area contributed by atoms with Gasteiger partial charge in [0, 0.05) is 18.0 Å². The molecule has 2 aromatic heterocycles. The maximum Gasteiger partial charge on any atom is 0.317 e. The first-order valence-corrected chi connectivity index (χ1v) is 8.86. The monoisotopic (exact) mass is 372 g/mol. The third kappa shape index (κ3) is 4.61. The van der Waals surface area contributed by atoms with Gasteiger partial charge in [0.2, 0.25) is 0 Å². The molecule has 108 valence electrons. The molecule has 20 heavy (non-hydrogen) atoms. The number of carbonyl (C=O) groups excluding carboxylic acids is 1. The lowest BCUT2D eigenvalue weighted by Gasteiger charge is -2.20. The van der Waals surface area contributed by atoms with Crippen LogP contribution in [0.5, 0.6) is 0 Å². The van der Waals surface area contributed by atoms with E-state index in [1.807, 2.05) is 26.1 Å². The molecule has 0 aliphatic carbocycles. The van der Waals surface area contributed by atoms with E-state index in [0.717, 1.165) is 10.2 Å². The lowest BCUT2D eigenvalue weighted by molar-refractivity contribution is 0.204. The summed E-state index contributed by atoms with van der Waals surface area (Å²) in [6.07, 6.45) is 0.869. The van der Waals surface area contributed by atoms with E-state index in [1.165, 1.54) is 10.4 Å². The summed E-state index contributed by atoms with van der Waals surface area (Å²) in [4.78, 5) is 15.0. The largest absolute Gasteiger partial charge is 0.335 e. The van der Waals surface area contributed by atoms with E-state index in [1.54, 1.807) is 27.6 Å². The van der Waals surface area contributed by atoms with Crippen LogP contribution in [0.2, 0.25) is 0 Å². The van der Waals surface area contributed by atoms with Crippen LogP contribution in [0.4, 0.5) is 4.79 Å². The molecule has 0 saturated carbocycles. The van der Waals surface area contributed by atoms with Gasteiger partial charge < -0.3 is 10.2 Å². The Morgan fingerprint density at radius 1 is 1.45 bits per heavy atom. The highest BCUT2D eigenvalue weighted by molar-refractivity contribution is 9.11. The number of carbonyl (C=O) groups is 1. The summed E-state index contributed by atoms with van der Waals surface area (Å²) in [5.74, 6) is 0. The quantitative estimate of drug-likeness (QED) is 0.831. The zero-order chi connectivity index (χ0) is 14.5. The Hall–Kier alpha value is -0.850. The number of halogens is 1. The molecule has 0 radical (unpaired) electrons. The zero-order valence-electron chi connectivity index (χ0n) is 11.4. The number of nitrogens with one attached hydrogen (secondary N) is 1. The minimum absolute atomic E-state index is 0.0303. The fourth-order valence-corrected chi connectivity index (χ4v) is 4.09. The van der Waals surface area contributed by atoms with Crippen LogP contribution in [0.15, 0.2) is 32.7 Å². The van der Waals surface area contributed by atoms with Crippen molar-refractivity contribution in [1.82, 2.24) is 10.2 Å². The van der Waals surface area contributed by atoms with Crippen molar-refractivity contribution in [2.24, 2.45) is 0 Å². The molecule has 2 amide bonds. The number of amides is 2. The predicted molar refractivity (Wildman–Crippen MR) is 89.5 cm³/mol. The molecule has 1 N–H and O–H groups in total. The molecule has 3 nitrogen and oxygen atoms in total. The summed E-state index contributed by atoms with van der Waals surface area (Å²) in [7, 11) is 1.82. The van der Waals surface area contributed by atoms with E-state index in [9.17, 15) is 4.79 Å². The van der Waals surface area contributed by atoms with Crippen LogP contribution in [-0.2, 0) is 13.0 Å². The molecule has 2 aromatic rings. The highest BCUT2D eigenvalue weighted by atomic mass is 79.9. The first-order valence-electron chi connectivity index (χ1n) is 6.31. The Bertz CT molecular complexity index is 553. The van der Waals surface area contributed by atoms with Crippen LogP contribution in [0.25, 0.3) is 0 Å². The van der Waals surface area contributed by atoms with E-state index >= 15 is 0 Å². The second-order valence-electron chi connectivity index (χ2n) is 4.75. The van der Waals surface area contributed by atoms with E-state index < -0.39 is 0 Å². The van der Waals surface area contributed by atoms with Gasteiger partial charge in [-0.25, -0.2) is 4.79 Å². The number of rotatable bonds is 5. The molecule has 0 unspecified atom stereocenters. The third-order valence-corrected chi connectivity index (χ3v) is 5.20. The Labute approximate surface area is 135 Å². The summed E-state index contributed by atoms with van der Waals surface area (Å²) >= 11 is 6.77. The summed E-state index contributed by atoms with van der Waals surface area (Å²) in [5.41, 5.74) is 1.27. The molecule has 0 aromatic carbocycles. The fraction of sp³-hybridized carbons (Fsp3) is 0.357. The van der Waals surface area contributed by atoms with E-state index in [-0.39, 0.29) is 12.1 Å². The minimum atomic E-state index is -0.0303. The van der Waals surface area contributed by atoms with Gasteiger partial charge in [-0.3, -0.25) is 0 Å². The van der Waals surface area contributed by atoms with E-state index in [4.69, 9.17) is 0 Å². The average Bonchev–Trinajstić information content (AvgIpc) is 3.01. The molecule has 0 fully saturated rings. The van der Waals surface area contributed by atoms with Crippen LogP contribution in [0, 0.1) is 0 Å². The van der Waals surface area contributed by atoms with Crippen molar-refractivity contribution in [1.29, 1.82) is 0 Å². The molecule has 1 atom stereocenters. The summed E-state index contributed by atoms with van der Waals surface area (Å²) in [5, 5.41) is 7.21. The third-order valence-electron chi connectivity index (χ3n) is 2.86. The minimum Gasteiger partial charge on any atom is -0.335 e. The average molecular weight is 373 g/mol. The highest BCUT2D eigenvalue weighted by Gasteiger charge is 2.13. The number of nitrogens with zero attached hydrogens (tertiary/aromatic N) is 1. The van der Waals surface area contributed by atoms with Gasteiger partial charge in [0.25, 0.3) is 0 Å². The first-order chi connectivity index (χ1) is 9.54. The molecule has 2 heterocycles. The van der Waals surface area contributed by atoms with Gasteiger partial charge in [0.05, 0.1) is 10.3 Å². The van der Waals surface area contributed by atoms with Gasteiger partial charge in [-0.2, -0.15) is 11.3 Å². The van der Waals surface area contributed by atoms with Crippen LogP contribution in [0.3, 0.4) is 0 Å². The Balaban J connectivity index is 1.81.